The molecule has 2 aliphatic heterocycles. The molecule has 0 aliphatic carbocycles. The summed E-state index contributed by atoms with van der Waals surface area (Å²) in [6.45, 7) is 3.70. The van der Waals surface area contributed by atoms with E-state index < -0.39 is 33.0 Å². The van der Waals surface area contributed by atoms with Crippen LogP contribution in [0.3, 0.4) is 0 Å². The highest BCUT2D eigenvalue weighted by molar-refractivity contribution is 5.76. The molecule has 28 heavy (non-hydrogen) atoms. The third kappa shape index (κ3) is 4.33. The van der Waals surface area contributed by atoms with E-state index in [4.69, 9.17) is 4.74 Å². The molecule has 2 fully saturated rings. The Bertz CT molecular complexity index is 724. The van der Waals surface area contributed by atoms with Gasteiger partial charge in [-0.3, -0.25) is 25.1 Å². The summed E-state index contributed by atoms with van der Waals surface area (Å²) in [5, 5.41) is 22.8. The van der Waals surface area contributed by atoms with Crippen molar-refractivity contribution in [3.8, 4) is 0 Å². The molecule has 1 unspecified atom stereocenters. The number of piperazine rings is 1. The Morgan fingerprint density at radius 2 is 1.64 bits per heavy atom. The van der Waals surface area contributed by atoms with Crippen molar-refractivity contribution in [3.05, 3.63) is 37.9 Å². The fourth-order valence-electron chi connectivity index (χ4n) is 3.62. The standard InChI is InChI=1S/C16H19F3N4O5/c17-16(18,19)12-7-13(22(24)25)15(14(8-12)23(26)27)21-4-2-20(3-5-21)9-11-1-6-28-10-11/h7-8,11H,1-6,9-10H2. The molecule has 0 bridgehead atoms. The van der Waals surface area contributed by atoms with Crippen LogP contribution in [0, 0.1) is 26.1 Å². The third-order valence-corrected chi connectivity index (χ3v) is 5.02. The van der Waals surface area contributed by atoms with Crippen LogP contribution in [0.15, 0.2) is 12.1 Å². The Morgan fingerprint density at radius 3 is 2.07 bits per heavy atom. The van der Waals surface area contributed by atoms with Crippen molar-refractivity contribution in [3.63, 3.8) is 0 Å². The van der Waals surface area contributed by atoms with E-state index in [1.54, 1.807) is 0 Å². The highest BCUT2D eigenvalue weighted by Gasteiger charge is 2.39. The zero-order valence-electron chi connectivity index (χ0n) is 14.9. The molecule has 9 nitrogen and oxygen atoms in total. The normalized spacial score (nSPS) is 21.1. The zero-order chi connectivity index (χ0) is 20.5. The first-order valence-electron chi connectivity index (χ1n) is 8.76. The van der Waals surface area contributed by atoms with Crippen LogP contribution in [0.5, 0.6) is 0 Å². The summed E-state index contributed by atoms with van der Waals surface area (Å²) in [5.41, 5.74) is -3.58. The van der Waals surface area contributed by atoms with Gasteiger partial charge < -0.3 is 9.64 Å². The van der Waals surface area contributed by atoms with Crippen LogP contribution in [0.1, 0.15) is 12.0 Å². The average molecular weight is 404 g/mol. The van der Waals surface area contributed by atoms with E-state index in [2.05, 4.69) is 4.90 Å². The summed E-state index contributed by atoms with van der Waals surface area (Å²) in [7, 11) is 0. The SMILES string of the molecule is O=[N+]([O-])c1cc(C(F)(F)F)cc([N+](=O)[O-])c1N1CCN(CC2CCOC2)CC1. The Morgan fingerprint density at radius 1 is 1.07 bits per heavy atom. The quantitative estimate of drug-likeness (QED) is 0.549. The van der Waals surface area contributed by atoms with E-state index in [0.29, 0.717) is 44.4 Å². The van der Waals surface area contributed by atoms with Gasteiger partial charge in [0.15, 0.2) is 5.69 Å². The summed E-state index contributed by atoms with van der Waals surface area (Å²) in [6.07, 6.45) is -3.97. The minimum absolute atomic E-state index is 0.251. The molecular weight excluding hydrogens is 385 g/mol. The molecule has 0 amide bonds. The van der Waals surface area contributed by atoms with Crippen molar-refractivity contribution in [2.75, 3.05) is 50.8 Å². The Kier molecular flexibility index (Phi) is 5.70. The number of nitrogens with zero attached hydrogens (tertiary/aromatic N) is 4. The molecule has 0 saturated carbocycles. The van der Waals surface area contributed by atoms with Gasteiger partial charge in [0.1, 0.15) is 0 Å². The van der Waals surface area contributed by atoms with Crippen molar-refractivity contribution < 1.29 is 27.8 Å². The van der Waals surface area contributed by atoms with Gasteiger partial charge in [0.2, 0.25) is 0 Å². The van der Waals surface area contributed by atoms with Gasteiger partial charge in [-0.25, -0.2) is 0 Å². The molecule has 1 aromatic carbocycles. The topological polar surface area (TPSA) is 102 Å². The van der Waals surface area contributed by atoms with E-state index >= 15 is 0 Å². The molecule has 0 radical (unpaired) electrons. The second-order valence-electron chi connectivity index (χ2n) is 6.89. The van der Waals surface area contributed by atoms with Crippen LogP contribution < -0.4 is 4.90 Å². The maximum atomic E-state index is 13.0. The molecule has 1 atom stereocenters. The van der Waals surface area contributed by atoms with Crippen LogP contribution in [0.25, 0.3) is 0 Å². The fourth-order valence-corrected chi connectivity index (χ4v) is 3.62. The summed E-state index contributed by atoms with van der Waals surface area (Å²) >= 11 is 0. The number of hydrogen-bond acceptors (Lipinski definition) is 7. The van der Waals surface area contributed by atoms with E-state index in [1.165, 1.54) is 4.90 Å². The monoisotopic (exact) mass is 404 g/mol. The van der Waals surface area contributed by atoms with Crippen molar-refractivity contribution >= 4 is 17.1 Å². The van der Waals surface area contributed by atoms with Crippen molar-refractivity contribution in [2.24, 2.45) is 5.92 Å². The van der Waals surface area contributed by atoms with Crippen molar-refractivity contribution in [1.29, 1.82) is 0 Å². The van der Waals surface area contributed by atoms with E-state index in [9.17, 15) is 33.4 Å². The minimum atomic E-state index is -4.92. The number of halogens is 3. The van der Waals surface area contributed by atoms with Crippen molar-refractivity contribution in [1.82, 2.24) is 4.90 Å². The number of ether oxygens (including phenoxy) is 1. The molecule has 154 valence electrons. The van der Waals surface area contributed by atoms with Gasteiger partial charge >= 0.3 is 6.18 Å². The maximum Gasteiger partial charge on any atom is 0.416 e. The summed E-state index contributed by atoms with van der Waals surface area (Å²) in [6, 6.07) is 0.731. The van der Waals surface area contributed by atoms with Crippen LogP contribution in [-0.4, -0.2) is 60.7 Å². The average Bonchev–Trinajstić information content (AvgIpc) is 3.13. The Balaban J connectivity index is 1.86. The summed E-state index contributed by atoms with van der Waals surface area (Å²) in [5.74, 6) is 0.404. The van der Waals surface area contributed by atoms with Crippen molar-refractivity contribution in [2.45, 2.75) is 12.6 Å². The van der Waals surface area contributed by atoms with Crippen LogP contribution >= 0.6 is 0 Å². The third-order valence-electron chi connectivity index (χ3n) is 5.02. The molecule has 0 N–H and O–H groups in total. The van der Waals surface area contributed by atoms with E-state index in [0.717, 1.165) is 13.0 Å². The predicted octanol–water partition coefficient (Wildman–Crippen LogP) is 2.68. The largest absolute Gasteiger partial charge is 0.416 e. The molecular formula is C16H19F3N4O5. The molecule has 1 aromatic rings. The number of rotatable bonds is 5. The molecule has 3 rings (SSSR count). The fraction of sp³-hybridized carbons (Fsp3) is 0.625. The molecule has 2 aliphatic rings. The lowest BCUT2D eigenvalue weighted by Gasteiger charge is -2.36. The Labute approximate surface area is 158 Å². The first kappa shape index (κ1) is 20.3. The number of alkyl halides is 3. The minimum Gasteiger partial charge on any atom is -0.381 e. The number of hydrogen-bond donors (Lipinski definition) is 0. The van der Waals surface area contributed by atoms with E-state index in [1.807, 2.05) is 0 Å². The van der Waals surface area contributed by atoms with Gasteiger partial charge in [0.25, 0.3) is 11.4 Å². The number of nitro groups is 2. The molecule has 2 saturated heterocycles. The molecule has 2 heterocycles. The van der Waals surface area contributed by atoms with Gasteiger partial charge in [0.05, 0.1) is 22.0 Å². The maximum absolute atomic E-state index is 13.0. The van der Waals surface area contributed by atoms with Crippen LogP contribution in [-0.2, 0) is 10.9 Å². The summed E-state index contributed by atoms with van der Waals surface area (Å²) < 4.78 is 44.4. The van der Waals surface area contributed by atoms with Crippen LogP contribution in [0.4, 0.5) is 30.2 Å². The first-order chi connectivity index (χ1) is 13.2. The smallest absolute Gasteiger partial charge is 0.381 e. The lowest BCUT2D eigenvalue weighted by Crippen LogP contribution is -2.48. The Hall–Kier alpha value is -2.47. The van der Waals surface area contributed by atoms with Gasteiger partial charge in [-0.05, 0) is 12.3 Å². The second-order valence-corrected chi connectivity index (χ2v) is 6.89. The van der Waals surface area contributed by atoms with E-state index in [-0.39, 0.29) is 18.8 Å². The first-order valence-corrected chi connectivity index (χ1v) is 8.76. The lowest BCUT2D eigenvalue weighted by atomic mass is 10.1. The van der Waals surface area contributed by atoms with Crippen LogP contribution in [0.2, 0.25) is 0 Å². The second kappa shape index (κ2) is 7.87. The molecule has 0 aromatic heterocycles. The highest BCUT2D eigenvalue weighted by Crippen LogP contribution is 2.43. The van der Waals surface area contributed by atoms with Gasteiger partial charge in [-0.1, -0.05) is 0 Å². The molecule has 0 spiro atoms. The number of benzene rings is 1. The predicted molar refractivity (Wildman–Crippen MR) is 92.3 cm³/mol. The van der Waals surface area contributed by atoms with Gasteiger partial charge in [-0.2, -0.15) is 13.2 Å². The summed E-state index contributed by atoms with van der Waals surface area (Å²) in [4.78, 5) is 24.3. The highest BCUT2D eigenvalue weighted by atomic mass is 19.4. The number of nitro benzene ring substituents is 2. The number of anilines is 1. The lowest BCUT2D eigenvalue weighted by molar-refractivity contribution is -0.393. The van der Waals surface area contributed by atoms with Gasteiger partial charge in [-0.15, -0.1) is 0 Å². The molecule has 12 heteroatoms. The zero-order valence-corrected chi connectivity index (χ0v) is 14.9. The van der Waals surface area contributed by atoms with Gasteiger partial charge in [0, 0.05) is 51.5 Å².